The number of tetrazole rings is 1. The third kappa shape index (κ3) is 2.93. The fourth-order valence-corrected chi connectivity index (χ4v) is 3.07. The SMILES string of the molecule is Clc1cccc(-n2nnnc2SCc2nc3ccccc3o2)c1. The van der Waals surface area contributed by atoms with E-state index in [1.54, 1.807) is 16.8 Å². The molecule has 8 heteroatoms. The van der Waals surface area contributed by atoms with E-state index in [2.05, 4.69) is 20.5 Å². The number of hydrogen-bond acceptors (Lipinski definition) is 6. The average molecular weight is 344 g/mol. The van der Waals surface area contributed by atoms with Gasteiger partial charge in [0.25, 0.3) is 0 Å². The van der Waals surface area contributed by atoms with Crippen molar-refractivity contribution in [3.63, 3.8) is 0 Å². The van der Waals surface area contributed by atoms with E-state index in [1.807, 2.05) is 36.4 Å². The minimum absolute atomic E-state index is 0.537. The summed E-state index contributed by atoms with van der Waals surface area (Å²) >= 11 is 7.47. The van der Waals surface area contributed by atoms with Crippen LogP contribution in [0.4, 0.5) is 0 Å². The Balaban J connectivity index is 1.57. The second-order valence-corrected chi connectivity index (χ2v) is 6.10. The number of benzene rings is 2. The van der Waals surface area contributed by atoms with Gasteiger partial charge in [-0.3, -0.25) is 0 Å². The average Bonchev–Trinajstić information content (AvgIpc) is 3.19. The van der Waals surface area contributed by atoms with Crippen molar-refractivity contribution in [2.75, 3.05) is 0 Å². The van der Waals surface area contributed by atoms with Gasteiger partial charge in [0.15, 0.2) is 5.58 Å². The first kappa shape index (κ1) is 14.2. The van der Waals surface area contributed by atoms with E-state index in [1.165, 1.54) is 11.8 Å². The van der Waals surface area contributed by atoms with Gasteiger partial charge in [0.05, 0.1) is 11.4 Å². The van der Waals surface area contributed by atoms with Crippen LogP contribution in [0.2, 0.25) is 5.02 Å². The van der Waals surface area contributed by atoms with Crippen LogP contribution in [0.3, 0.4) is 0 Å². The molecule has 114 valence electrons. The summed E-state index contributed by atoms with van der Waals surface area (Å²) < 4.78 is 7.34. The Morgan fingerprint density at radius 1 is 1.13 bits per heavy atom. The van der Waals surface area contributed by atoms with Gasteiger partial charge >= 0.3 is 0 Å². The lowest BCUT2D eigenvalue weighted by Gasteiger charge is -2.03. The molecular formula is C15H10ClN5OS. The first-order chi connectivity index (χ1) is 11.3. The van der Waals surface area contributed by atoms with Crippen molar-refractivity contribution in [2.45, 2.75) is 10.9 Å². The van der Waals surface area contributed by atoms with Crippen molar-refractivity contribution in [1.29, 1.82) is 0 Å². The molecule has 6 nitrogen and oxygen atoms in total. The number of halogens is 1. The first-order valence-electron chi connectivity index (χ1n) is 6.81. The molecule has 4 rings (SSSR count). The van der Waals surface area contributed by atoms with Gasteiger partial charge in [-0.2, -0.15) is 4.68 Å². The van der Waals surface area contributed by atoms with Crippen LogP contribution >= 0.6 is 23.4 Å². The zero-order valence-corrected chi connectivity index (χ0v) is 13.3. The summed E-state index contributed by atoms with van der Waals surface area (Å²) in [5, 5.41) is 13.1. The Bertz CT molecular complexity index is 934. The van der Waals surface area contributed by atoms with E-state index >= 15 is 0 Å². The van der Waals surface area contributed by atoms with E-state index in [9.17, 15) is 0 Å². The van der Waals surface area contributed by atoms with Gasteiger partial charge in [0, 0.05) is 5.02 Å². The van der Waals surface area contributed by atoms with Crippen molar-refractivity contribution in [2.24, 2.45) is 0 Å². The van der Waals surface area contributed by atoms with Crippen molar-refractivity contribution < 1.29 is 4.42 Å². The molecule has 0 radical (unpaired) electrons. The highest BCUT2D eigenvalue weighted by atomic mass is 35.5. The van der Waals surface area contributed by atoms with Crippen LogP contribution in [0.25, 0.3) is 16.8 Å². The lowest BCUT2D eigenvalue weighted by Crippen LogP contribution is -1.99. The van der Waals surface area contributed by atoms with Gasteiger partial charge in [0.1, 0.15) is 5.52 Å². The minimum atomic E-state index is 0.537. The van der Waals surface area contributed by atoms with Crippen molar-refractivity contribution in [1.82, 2.24) is 25.2 Å². The largest absolute Gasteiger partial charge is 0.440 e. The molecule has 0 saturated heterocycles. The highest BCUT2D eigenvalue weighted by Gasteiger charge is 2.12. The molecular weight excluding hydrogens is 334 g/mol. The summed E-state index contributed by atoms with van der Waals surface area (Å²) in [6, 6.07) is 15.0. The topological polar surface area (TPSA) is 69.6 Å². The molecule has 0 fully saturated rings. The molecule has 23 heavy (non-hydrogen) atoms. The van der Waals surface area contributed by atoms with Gasteiger partial charge in [-0.1, -0.05) is 41.6 Å². The van der Waals surface area contributed by atoms with Crippen LogP contribution in [-0.4, -0.2) is 25.2 Å². The molecule has 0 bridgehead atoms. The van der Waals surface area contributed by atoms with Crippen LogP contribution in [0, 0.1) is 0 Å². The molecule has 0 spiro atoms. The number of para-hydroxylation sites is 2. The normalized spacial score (nSPS) is 11.2. The molecule has 0 amide bonds. The predicted octanol–water partition coefficient (Wildman–Crippen LogP) is 3.75. The number of nitrogens with zero attached hydrogens (tertiary/aromatic N) is 5. The van der Waals surface area contributed by atoms with E-state index < -0.39 is 0 Å². The van der Waals surface area contributed by atoms with Crippen LogP contribution in [0.15, 0.2) is 58.1 Å². The number of fused-ring (bicyclic) bond motifs is 1. The van der Waals surface area contributed by atoms with E-state index in [-0.39, 0.29) is 0 Å². The molecule has 0 aliphatic rings. The molecule has 2 aromatic heterocycles. The fourth-order valence-electron chi connectivity index (χ4n) is 2.15. The lowest BCUT2D eigenvalue weighted by atomic mass is 10.3. The monoisotopic (exact) mass is 343 g/mol. The Labute approximate surface area is 140 Å². The second-order valence-electron chi connectivity index (χ2n) is 4.72. The van der Waals surface area contributed by atoms with Crippen LogP contribution < -0.4 is 0 Å². The Morgan fingerprint density at radius 3 is 2.91 bits per heavy atom. The Hall–Kier alpha value is -2.38. The summed E-state index contributed by atoms with van der Waals surface area (Å²) in [5.41, 5.74) is 2.43. The van der Waals surface area contributed by atoms with Crippen LogP contribution in [0.1, 0.15) is 5.89 Å². The molecule has 0 atom stereocenters. The van der Waals surface area contributed by atoms with E-state index in [4.69, 9.17) is 16.0 Å². The summed E-state index contributed by atoms with van der Waals surface area (Å²) in [6.45, 7) is 0. The minimum Gasteiger partial charge on any atom is -0.440 e. The summed E-state index contributed by atoms with van der Waals surface area (Å²) in [4.78, 5) is 4.44. The summed E-state index contributed by atoms with van der Waals surface area (Å²) in [7, 11) is 0. The fraction of sp³-hybridized carbons (Fsp3) is 0.0667. The summed E-state index contributed by atoms with van der Waals surface area (Å²) in [5.74, 6) is 1.17. The number of rotatable bonds is 4. The van der Waals surface area contributed by atoms with E-state index in [0.29, 0.717) is 21.8 Å². The molecule has 2 aromatic carbocycles. The molecule has 2 heterocycles. The molecule has 0 saturated carbocycles. The third-order valence-electron chi connectivity index (χ3n) is 3.16. The molecule has 0 unspecified atom stereocenters. The first-order valence-corrected chi connectivity index (χ1v) is 8.17. The highest BCUT2D eigenvalue weighted by Crippen LogP contribution is 2.25. The van der Waals surface area contributed by atoms with E-state index in [0.717, 1.165) is 16.8 Å². The maximum Gasteiger partial charge on any atom is 0.214 e. The van der Waals surface area contributed by atoms with Gasteiger partial charge in [-0.25, -0.2) is 4.98 Å². The lowest BCUT2D eigenvalue weighted by molar-refractivity contribution is 0.556. The zero-order chi connectivity index (χ0) is 15.6. The maximum absolute atomic E-state index is 6.02. The molecule has 4 aromatic rings. The number of hydrogen-bond donors (Lipinski definition) is 0. The second kappa shape index (κ2) is 6.02. The van der Waals surface area contributed by atoms with Crippen LogP contribution in [-0.2, 0) is 5.75 Å². The van der Waals surface area contributed by atoms with Crippen molar-refractivity contribution in [3.8, 4) is 5.69 Å². The van der Waals surface area contributed by atoms with Crippen molar-refractivity contribution in [3.05, 3.63) is 59.4 Å². The predicted molar refractivity (Wildman–Crippen MR) is 87.7 cm³/mol. The zero-order valence-electron chi connectivity index (χ0n) is 11.8. The van der Waals surface area contributed by atoms with Gasteiger partial charge < -0.3 is 4.42 Å². The molecule has 0 aliphatic carbocycles. The van der Waals surface area contributed by atoms with Crippen LogP contribution in [0.5, 0.6) is 0 Å². The molecule has 0 aliphatic heterocycles. The number of aromatic nitrogens is 5. The van der Waals surface area contributed by atoms with Gasteiger partial charge in [0.2, 0.25) is 11.0 Å². The summed E-state index contributed by atoms with van der Waals surface area (Å²) in [6.07, 6.45) is 0. The highest BCUT2D eigenvalue weighted by molar-refractivity contribution is 7.98. The Kier molecular flexibility index (Phi) is 3.72. The van der Waals surface area contributed by atoms with Gasteiger partial charge in [-0.15, -0.1) is 5.10 Å². The van der Waals surface area contributed by atoms with Crippen molar-refractivity contribution >= 4 is 34.5 Å². The van der Waals surface area contributed by atoms with Gasteiger partial charge in [-0.05, 0) is 40.8 Å². The Morgan fingerprint density at radius 2 is 2.04 bits per heavy atom. The smallest absolute Gasteiger partial charge is 0.214 e. The third-order valence-corrected chi connectivity index (χ3v) is 4.30. The number of oxazole rings is 1. The molecule has 0 N–H and O–H groups in total. The quantitative estimate of drug-likeness (QED) is 0.526. The standard InChI is InChI=1S/C15H10ClN5OS/c16-10-4-3-5-11(8-10)21-15(18-19-20-21)23-9-14-17-12-6-1-2-7-13(12)22-14/h1-8H,9H2. The maximum atomic E-state index is 6.02. The number of thioether (sulfide) groups is 1.